The highest BCUT2D eigenvalue weighted by Crippen LogP contribution is 2.25. The quantitative estimate of drug-likeness (QED) is 0.755. The van der Waals surface area contributed by atoms with Crippen molar-refractivity contribution in [2.45, 2.75) is 51.9 Å². The van der Waals surface area contributed by atoms with E-state index in [2.05, 4.69) is 40.3 Å². The molecule has 0 N–H and O–H groups in total. The molecule has 0 bridgehead atoms. The summed E-state index contributed by atoms with van der Waals surface area (Å²) in [5.41, 5.74) is 2.34. The van der Waals surface area contributed by atoms with Crippen LogP contribution in [0.1, 0.15) is 50.8 Å². The van der Waals surface area contributed by atoms with Crippen molar-refractivity contribution in [2.75, 3.05) is 0 Å². The molecule has 0 spiro atoms. The summed E-state index contributed by atoms with van der Waals surface area (Å²) in [6.45, 7) is 6.27. The standard InChI is InChI=1S/C15H19ClN4/c1-15(2,3)14-18-12(16)8-13(19-14)20-9-17-10-6-4-5-7-11(10)20/h8-9H,4-7H2,1-3H3. The van der Waals surface area contributed by atoms with E-state index in [4.69, 9.17) is 11.6 Å². The zero-order valence-corrected chi connectivity index (χ0v) is 12.9. The summed E-state index contributed by atoms with van der Waals surface area (Å²) < 4.78 is 2.07. The summed E-state index contributed by atoms with van der Waals surface area (Å²) in [6, 6.07) is 1.81. The van der Waals surface area contributed by atoms with E-state index in [0.717, 1.165) is 24.5 Å². The molecule has 1 aliphatic rings. The molecule has 2 aromatic heterocycles. The molecule has 0 radical (unpaired) electrons. The minimum Gasteiger partial charge on any atom is -0.287 e. The predicted molar refractivity (Wildman–Crippen MR) is 79.5 cm³/mol. The van der Waals surface area contributed by atoms with Gasteiger partial charge in [0.1, 0.15) is 23.1 Å². The lowest BCUT2D eigenvalue weighted by atomic mass is 9.96. The maximum absolute atomic E-state index is 6.17. The maximum Gasteiger partial charge on any atom is 0.143 e. The number of nitrogens with zero attached hydrogens (tertiary/aromatic N) is 4. The second-order valence-corrected chi connectivity index (χ2v) is 6.72. The maximum atomic E-state index is 6.17. The Morgan fingerprint density at radius 3 is 2.65 bits per heavy atom. The van der Waals surface area contributed by atoms with Crippen molar-refractivity contribution in [2.24, 2.45) is 0 Å². The summed E-state index contributed by atoms with van der Waals surface area (Å²) in [5, 5.41) is 0.484. The van der Waals surface area contributed by atoms with Crippen LogP contribution in [0, 0.1) is 0 Å². The van der Waals surface area contributed by atoms with E-state index in [0.29, 0.717) is 5.15 Å². The molecule has 0 unspecified atom stereocenters. The second kappa shape index (κ2) is 4.85. The first-order chi connectivity index (χ1) is 9.45. The fourth-order valence-corrected chi connectivity index (χ4v) is 2.71. The van der Waals surface area contributed by atoms with Crippen molar-refractivity contribution in [3.63, 3.8) is 0 Å². The van der Waals surface area contributed by atoms with Crippen LogP contribution in [0.4, 0.5) is 0 Å². The van der Waals surface area contributed by atoms with Crippen LogP contribution in [0.3, 0.4) is 0 Å². The second-order valence-electron chi connectivity index (χ2n) is 6.34. The van der Waals surface area contributed by atoms with Crippen LogP contribution in [-0.2, 0) is 18.3 Å². The third-order valence-electron chi connectivity index (χ3n) is 3.63. The SMILES string of the molecule is CC(C)(C)c1nc(Cl)cc(-n2cnc3c2CCCC3)n1. The summed E-state index contributed by atoms with van der Waals surface area (Å²) in [4.78, 5) is 13.5. The third kappa shape index (κ3) is 2.44. The van der Waals surface area contributed by atoms with Gasteiger partial charge in [0.2, 0.25) is 0 Å². The fourth-order valence-electron chi connectivity index (χ4n) is 2.53. The molecule has 1 aliphatic carbocycles. The molecule has 4 nitrogen and oxygen atoms in total. The van der Waals surface area contributed by atoms with E-state index in [1.165, 1.54) is 24.2 Å². The summed E-state index contributed by atoms with van der Waals surface area (Å²) in [5.74, 6) is 1.59. The van der Waals surface area contributed by atoms with Gasteiger partial charge in [-0.1, -0.05) is 32.4 Å². The Kier molecular flexibility index (Phi) is 3.28. The van der Waals surface area contributed by atoms with Gasteiger partial charge in [-0.2, -0.15) is 0 Å². The first-order valence-corrected chi connectivity index (χ1v) is 7.43. The van der Waals surface area contributed by atoms with Crippen LogP contribution in [-0.4, -0.2) is 19.5 Å². The lowest BCUT2D eigenvalue weighted by Gasteiger charge is -2.19. The first kappa shape index (κ1) is 13.6. The van der Waals surface area contributed by atoms with Crippen molar-refractivity contribution in [3.05, 3.63) is 34.8 Å². The highest BCUT2D eigenvalue weighted by atomic mass is 35.5. The molecule has 0 aliphatic heterocycles. The predicted octanol–water partition coefficient (Wildman–Crippen LogP) is 3.49. The lowest BCUT2D eigenvalue weighted by molar-refractivity contribution is 0.542. The number of rotatable bonds is 1. The minimum atomic E-state index is -0.125. The lowest BCUT2D eigenvalue weighted by Crippen LogP contribution is -2.18. The van der Waals surface area contributed by atoms with Gasteiger partial charge in [0, 0.05) is 17.2 Å². The smallest absolute Gasteiger partial charge is 0.143 e. The van der Waals surface area contributed by atoms with Crippen molar-refractivity contribution in [1.82, 2.24) is 19.5 Å². The van der Waals surface area contributed by atoms with Gasteiger partial charge < -0.3 is 0 Å². The highest BCUT2D eigenvalue weighted by molar-refractivity contribution is 6.29. The van der Waals surface area contributed by atoms with Crippen LogP contribution in [0.25, 0.3) is 5.82 Å². The van der Waals surface area contributed by atoms with Crippen LogP contribution in [0.2, 0.25) is 5.15 Å². The van der Waals surface area contributed by atoms with E-state index < -0.39 is 0 Å². The van der Waals surface area contributed by atoms with E-state index in [9.17, 15) is 0 Å². The third-order valence-corrected chi connectivity index (χ3v) is 3.82. The molecule has 0 amide bonds. The number of aryl methyl sites for hydroxylation is 1. The van der Waals surface area contributed by atoms with Gasteiger partial charge in [-0.3, -0.25) is 4.57 Å². The number of hydrogen-bond acceptors (Lipinski definition) is 3. The molecule has 106 valence electrons. The van der Waals surface area contributed by atoms with E-state index in [1.807, 2.05) is 12.4 Å². The Morgan fingerprint density at radius 1 is 1.15 bits per heavy atom. The van der Waals surface area contributed by atoms with Gasteiger partial charge in [0.25, 0.3) is 0 Å². The van der Waals surface area contributed by atoms with Gasteiger partial charge in [-0.15, -0.1) is 0 Å². The Labute approximate surface area is 124 Å². The Morgan fingerprint density at radius 2 is 1.90 bits per heavy atom. The summed E-state index contributed by atoms with van der Waals surface area (Å²) in [6.07, 6.45) is 6.42. The van der Waals surface area contributed by atoms with Crippen LogP contribution < -0.4 is 0 Å². The number of imidazole rings is 1. The van der Waals surface area contributed by atoms with Crippen LogP contribution >= 0.6 is 11.6 Å². The molecule has 3 rings (SSSR count). The number of fused-ring (bicyclic) bond motifs is 1. The molecule has 0 saturated carbocycles. The van der Waals surface area contributed by atoms with Crippen molar-refractivity contribution >= 4 is 11.6 Å². The average molecular weight is 291 g/mol. The van der Waals surface area contributed by atoms with Crippen LogP contribution in [0.5, 0.6) is 0 Å². The Balaban J connectivity index is 2.11. The van der Waals surface area contributed by atoms with Gasteiger partial charge >= 0.3 is 0 Å². The molecule has 20 heavy (non-hydrogen) atoms. The van der Waals surface area contributed by atoms with Gasteiger partial charge in [-0.25, -0.2) is 15.0 Å². The van der Waals surface area contributed by atoms with E-state index in [-0.39, 0.29) is 5.41 Å². The van der Waals surface area contributed by atoms with E-state index in [1.54, 1.807) is 0 Å². The van der Waals surface area contributed by atoms with Crippen LogP contribution in [0.15, 0.2) is 12.4 Å². The molecule has 0 atom stereocenters. The largest absolute Gasteiger partial charge is 0.287 e. The molecule has 0 saturated heterocycles. The molecular weight excluding hydrogens is 272 g/mol. The number of halogens is 1. The number of aromatic nitrogens is 4. The molecular formula is C15H19ClN4. The zero-order valence-electron chi connectivity index (χ0n) is 12.1. The van der Waals surface area contributed by atoms with Crippen molar-refractivity contribution in [1.29, 1.82) is 0 Å². The normalized spacial score (nSPS) is 15.2. The van der Waals surface area contributed by atoms with Gasteiger partial charge in [0.05, 0.1) is 5.69 Å². The van der Waals surface area contributed by atoms with Gasteiger partial charge in [-0.05, 0) is 25.7 Å². The Hall–Kier alpha value is -1.42. The van der Waals surface area contributed by atoms with Crippen molar-refractivity contribution < 1.29 is 0 Å². The topological polar surface area (TPSA) is 43.6 Å². The molecule has 2 heterocycles. The minimum absolute atomic E-state index is 0.125. The zero-order chi connectivity index (χ0) is 14.3. The summed E-state index contributed by atoms with van der Waals surface area (Å²) in [7, 11) is 0. The van der Waals surface area contributed by atoms with E-state index >= 15 is 0 Å². The Bertz CT molecular complexity index is 640. The molecule has 2 aromatic rings. The fraction of sp³-hybridized carbons (Fsp3) is 0.533. The van der Waals surface area contributed by atoms with Gasteiger partial charge in [0.15, 0.2) is 0 Å². The molecule has 5 heteroatoms. The molecule has 0 aromatic carbocycles. The molecule has 0 fully saturated rings. The number of hydrogen-bond donors (Lipinski definition) is 0. The van der Waals surface area contributed by atoms with Crippen molar-refractivity contribution in [3.8, 4) is 5.82 Å². The highest BCUT2D eigenvalue weighted by Gasteiger charge is 2.21. The average Bonchev–Trinajstić information content (AvgIpc) is 2.80. The monoisotopic (exact) mass is 290 g/mol. The first-order valence-electron chi connectivity index (χ1n) is 7.06. The summed E-state index contributed by atoms with van der Waals surface area (Å²) >= 11 is 6.17.